The first-order valence-corrected chi connectivity index (χ1v) is 8.38. The van der Waals surface area contributed by atoms with Crippen LogP contribution in [0.3, 0.4) is 0 Å². The van der Waals surface area contributed by atoms with E-state index in [1.54, 1.807) is 0 Å². The Hall–Kier alpha value is -1.63. The topological polar surface area (TPSA) is 79.5 Å². The molecule has 1 atom stereocenters. The van der Waals surface area contributed by atoms with Gasteiger partial charge in [0.2, 0.25) is 5.09 Å². The number of hydrogen-bond donors (Lipinski definition) is 2. The summed E-state index contributed by atoms with van der Waals surface area (Å²) in [7, 11) is -3.72. The lowest BCUT2D eigenvalue weighted by Gasteiger charge is -2.25. The molecule has 0 aliphatic heterocycles. The average Bonchev–Trinajstić information content (AvgIpc) is 2.97. The third kappa shape index (κ3) is 2.88. The summed E-state index contributed by atoms with van der Waals surface area (Å²) in [5.74, 6) is 0.236. The van der Waals surface area contributed by atoms with E-state index in [9.17, 15) is 8.42 Å². The van der Waals surface area contributed by atoms with Gasteiger partial charge < -0.3 is 9.52 Å². The number of aliphatic hydroxyl groups excluding tert-OH is 1. The van der Waals surface area contributed by atoms with Gasteiger partial charge in [0.1, 0.15) is 12.4 Å². The Labute approximate surface area is 123 Å². The summed E-state index contributed by atoms with van der Waals surface area (Å²) in [5, 5.41) is 8.80. The molecule has 0 fully saturated rings. The van der Waals surface area contributed by atoms with Crippen LogP contribution >= 0.6 is 0 Å². The molecule has 0 amide bonds. The van der Waals surface area contributed by atoms with Crippen LogP contribution in [0, 0.1) is 0 Å². The fourth-order valence-corrected chi connectivity index (χ4v) is 3.91. The number of benzene rings is 1. The van der Waals surface area contributed by atoms with Gasteiger partial charge in [0.15, 0.2) is 0 Å². The van der Waals surface area contributed by atoms with Crippen molar-refractivity contribution in [3.8, 4) is 0 Å². The van der Waals surface area contributed by atoms with Crippen molar-refractivity contribution in [3.63, 3.8) is 0 Å². The van der Waals surface area contributed by atoms with E-state index >= 15 is 0 Å². The van der Waals surface area contributed by atoms with Gasteiger partial charge in [-0.2, -0.15) is 0 Å². The summed E-state index contributed by atoms with van der Waals surface area (Å²) in [4.78, 5) is 0. The van der Waals surface area contributed by atoms with Gasteiger partial charge in [-0.1, -0.05) is 24.3 Å². The second kappa shape index (κ2) is 5.63. The number of aliphatic hydroxyl groups is 1. The Bertz CT molecular complexity index is 736. The number of furan rings is 1. The van der Waals surface area contributed by atoms with Crippen LogP contribution < -0.4 is 4.72 Å². The van der Waals surface area contributed by atoms with E-state index in [0.29, 0.717) is 0 Å². The fourth-order valence-electron chi connectivity index (χ4n) is 2.71. The van der Waals surface area contributed by atoms with Crippen molar-refractivity contribution in [1.82, 2.24) is 4.72 Å². The number of nitrogens with one attached hydrogen (secondary N) is 1. The molecule has 1 aliphatic rings. The molecular formula is C15H17NO4S. The minimum Gasteiger partial charge on any atom is -0.446 e. The molecule has 1 heterocycles. The molecule has 2 aromatic rings. The quantitative estimate of drug-likeness (QED) is 0.907. The predicted molar refractivity (Wildman–Crippen MR) is 77.1 cm³/mol. The summed E-state index contributed by atoms with van der Waals surface area (Å²) in [6.07, 6.45) is 2.69. The minimum absolute atomic E-state index is 0.158. The number of rotatable bonds is 4. The highest BCUT2D eigenvalue weighted by molar-refractivity contribution is 7.89. The van der Waals surface area contributed by atoms with Gasteiger partial charge in [0, 0.05) is 6.04 Å². The molecule has 6 heteroatoms. The lowest BCUT2D eigenvalue weighted by Crippen LogP contribution is -2.30. The maximum Gasteiger partial charge on any atom is 0.274 e. The number of fused-ring (bicyclic) bond motifs is 1. The summed E-state index contributed by atoms with van der Waals surface area (Å²) in [6.45, 7) is -0.318. The molecule has 1 unspecified atom stereocenters. The fraction of sp³-hybridized carbons (Fsp3) is 0.333. The van der Waals surface area contributed by atoms with E-state index < -0.39 is 10.0 Å². The largest absolute Gasteiger partial charge is 0.446 e. The lowest BCUT2D eigenvalue weighted by molar-refractivity contribution is 0.236. The van der Waals surface area contributed by atoms with Gasteiger partial charge in [-0.15, -0.1) is 0 Å². The van der Waals surface area contributed by atoms with E-state index in [-0.39, 0.29) is 23.5 Å². The summed E-state index contributed by atoms with van der Waals surface area (Å²) in [6, 6.07) is 10.5. The summed E-state index contributed by atoms with van der Waals surface area (Å²) in [5.41, 5.74) is 2.22. The molecule has 21 heavy (non-hydrogen) atoms. The molecule has 0 spiro atoms. The highest BCUT2D eigenvalue weighted by Gasteiger charge is 2.27. The zero-order valence-electron chi connectivity index (χ0n) is 11.5. The molecule has 1 aromatic heterocycles. The van der Waals surface area contributed by atoms with Crippen LogP contribution in [-0.4, -0.2) is 13.5 Å². The van der Waals surface area contributed by atoms with Gasteiger partial charge in [-0.05, 0) is 42.5 Å². The second-order valence-electron chi connectivity index (χ2n) is 5.14. The minimum atomic E-state index is -3.72. The van der Waals surface area contributed by atoms with Crippen LogP contribution in [-0.2, 0) is 23.1 Å². The first-order chi connectivity index (χ1) is 10.1. The van der Waals surface area contributed by atoms with Crippen molar-refractivity contribution in [1.29, 1.82) is 0 Å². The van der Waals surface area contributed by atoms with E-state index in [1.807, 2.05) is 24.3 Å². The predicted octanol–water partition coefficient (Wildman–Crippen LogP) is 2.13. The molecule has 1 aromatic carbocycles. The zero-order valence-corrected chi connectivity index (χ0v) is 12.3. The van der Waals surface area contributed by atoms with Gasteiger partial charge in [0.05, 0.1) is 0 Å². The van der Waals surface area contributed by atoms with E-state index in [1.165, 1.54) is 17.7 Å². The molecule has 2 N–H and O–H groups in total. The van der Waals surface area contributed by atoms with Crippen molar-refractivity contribution in [3.05, 3.63) is 53.3 Å². The van der Waals surface area contributed by atoms with Crippen LogP contribution in [0.1, 0.15) is 35.8 Å². The van der Waals surface area contributed by atoms with Gasteiger partial charge in [-0.3, -0.25) is 0 Å². The molecule has 0 saturated heterocycles. The van der Waals surface area contributed by atoms with Gasteiger partial charge in [0.25, 0.3) is 10.0 Å². The van der Waals surface area contributed by atoms with Crippen LogP contribution in [0.15, 0.2) is 45.9 Å². The average molecular weight is 307 g/mol. The van der Waals surface area contributed by atoms with Crippen molar-refractivity contribution >= 4 is 10.0 Å². The number of aryl methyl sites for hydroxylation is 1. The van der Waals surface area contributed by atoms with Crippen LogP contribution in [0.5, 0.6) is 0 Å². The first kappa shape index (κ1) is 14.3. The summed E-state index contributed by atoms with van der Waals surface area (Å²) < 4.78 is 32.5. The molecule has 1 aliphatic carbocycles. The monoisotopic (exact) mass is 307 g/mol. The molecular weight excluding hydrogens is 290 g/mol. The summed E-state index contributed by atoms with van der Waals surface area (Å²) >= 11 is 0. The van der Waals surface area contributed by atoms with E-state index in [4.69, 9.17) is 9.52 Å². The Morgan fingerprint density at radius 3 is 2.81 bits per heavy atom. The molecule has 0 saturated carbocycles. The van der Waals surface area contributed by atoms with E-state index in [0.717, 1.165) is 24.8 Å². The van der Waals surface area contributed by atoms with Crippen molar-refractivity contribution in [2.45, 2.75) is 37.0 Å². The van der Waals surface area contributed by atoms with Crippen LogP contribution in [0.4, 0.5) is 0 Å². The van der Waals surface area contributed by atoms with E-state index in [2.05, 4.69) is 4.72 Å². The Morgan fingerprint density at radius 2 is 2.05 bits per heavy atom. The number of hydrogen-bond acceptors (Lipinski definition) is 4. The van der Waals surface area contributed by atoms with Gasteiger partial charge >= 0.3 is 0 Å². The third-order valence-corrected chi connectivity index (χ3v) is 5.07. The Kier molecular flexibility index (Phi) is 3.84. The van der Waals surface area contributed by atoms with Gasteiger partial charge in [-0.25, -0.2) is 13.1 Å². The maximum atomic E-state index is 12.4. The highest BCUT2D eigenvalue weighted by atomic mass is 32.2. The first-order valence-electron chi connectivity index (χ1n) is 6.90. The third-order valence-electron chi connectivity index (χ3n) is 3.72. The smallest absolute Gasteiger partial charge is 0.274 e. The zero-order chi connectivity index (χ0) is 14.9. The van der Waals surface area contributed by atoms with Crippen molar-refractivity contribution in [2.75, 3.05) is 0 Å². The molecule has 0 radical (unpaired) electrons. The molecule has 3 rings (SSSR count). The van der Waals surface area contributed by atoms with Crippen molar-refractivity contribution < 1.29 is 17.9 Å². The standard InChI is InChI=1S/C15H17NO4S/c17-10-12-8-9-15(20-12)21(18,19)16-14-7-3-5-11-4-1-2-6-13(11)14/h1-2,4,6,8-9,14,16-17H,3,5,7,10H2. The molecule has 5 nitrogen and oxygen atoms in total. The van der Waals surface area contributed by atoms with Crippen LogP contribution in [0.25, 0.3) is 0 Å². The number of sulfonamides is 1. The second-order valence-corrected chi connectivity index (χ2v) is 6.79. The highest BCUT2D eigenvalue weighted by Crippen LogP contribution is 2.31. The molecule has 112 valence electrons. The van der Waals surface area contributed by atoms with Crippen molar-refractivity contribution in [2.24, 2.45) is 0 Å². The Balaban J connectivity index is 1.86. The SMILES string of the molecule is O=S(=O)(NC1CCCc2ccccc21)c1ccc(CO)o1. The maximum absolute atomic E-state index is 12.4. The lowest BCUT2D eigenvalue weighted by atomic mass is 9.88. The Morgan fingerprint density at radius 1 is 1.24 bits per heavy atom. The van der Waals surface area contributed by atoms with Crippen LogP contribution in [0.2, 0.25) is 0 Å². The molecule has 0 bridgehead atoms. The normalized spacial score (nSPS) is 18.4.